The molecule has 13 nitrogen and oxygen atoms in total. The van der Waals surface area contributed by atoms with Crippen LogP contribution < -0.4 is 21.5 Å². The molecule has 0 aliphatic rings. The average molecular weight is 884 g/mol. The molecule has 4 rings (SSSR count). The number of rotatable bonds is 13. The molecule has 0 bridgehead atoms. The van der Waals surface area contributed by atoms with Gasteiger partial charge in [0.15, 0.2) is 0 Å². The van der Waals surface area contributed by atoms with Gasteiger partial charge in [-0.15, -0.1) is 0 Å². The molecule has 0 saturated carbocycles. The highest BCUT2D eigenvalue weighted by Gasteiger charge is 2.22. The number of nitriles is 1. The molecule has 0 unspecified atom stereocenters. The number of ether oxygens (including phenoxy) is 2. The summed E-state index contributed by atoms with van der Waals surface area (Å²) in [6.07, 6.45) is 3.74. The first-order chi connectivity index (χ1) is 22.8. The van der Waals surface area contributed by atoms with E-state index < -0.39 is 30.2 Å². The van der Waals surface area contributed by atoms with E-state index in [2.05, 4.69) is 21.5 Å². The molecule has 16 heteroatoms. The van der Waals surface area contributed by atoms with E-state index in [1.54, 1.807) is 42.9 Å². The fourth-order valence-electron chi connectivity index (χ4n) is 3.56. The van der Waals surface area contributed by atoms with Crippen molar-refractivity contribution in [3.63, 3.8) is 0 Å². The number of alkyl carbamates (subject to hydrolysis) is 2. The van der Waals surface area contributed by atoms with Gasteiger partial charge in [0.1, 0.15) is 35.7 Å². The van der Waals surface area contributed by atoms with E-state index in [0.717, 1.165) is 22.9 Å². The Balaban J connectivity index is 0.000000257. The van der Waals surface area contributed by atoms with E-state index in [0.29, 0.717) is 13.9 Å². The molecule has 0 spiro atoms. The summed E-state index contributed by atoms with van der Waals surface area (Å²) in [5.41, 5.74) is 7.04. The van der Waals surface area contributed by atoms with Crippen LogP contribution >= 0.6 is 56.9 Å². The van der Waals surface area contributed by atoms with Crippen molar-refractivity contribution in [1.82, 2.24) is 20.0 Å². The van der Waals surface area contributed by atoms with Crippen LogP contribution in [0.4, 0.5) is 9.59 Å². The first kappa shape index (κ1) is 37.2. The number of alkyl halides is 2. The monoisotopic (exact) mass is 883 g/mol. The standard InChI is InChI=1S/C16H15IN4O3S.C15H16IN3O3/c17-9-13(15(22)20-21-8-4-7-14(21)25-11-18)19-16(23)24-10-12-5-2-1-3-6-12;16-10-13(14(20)18-19-8-4-5-9-19)17-15(21)22-11-12-6-2-1-3-7-12/h1-8,13H,9-10H2,(H,19,23)(H,20,22);1-9,13H,10-11H2,(H,17,21)(H,18,20)/t2*13-/m00/s1. The number of carbonyl (C=O) groups excluding carboxylic acids is 4. The Morgan fingerprint density at radius 1 is 0.702 bits per heavy atom. The second-order valence-electron chi connectivity index (χ2n) is 9.28. The van der Waals surface area contributed by atoms with Gasteiger partial charge in [-0.25, -0.2) is 9.59 Å². The first-order valence-electron chi connectivity index (χ1n) is 13.9. The largest absolute Gasteiger partial charge is 0.445 e. The lowest BCUT2D eigenvalue weighted by molar-refractivity contribution is -0.119. The number of thiocyanates is 1. The second kappa shape index (κ2) is 20.8. The van der Waals surface area contributed by atoms with E-state index in [9.17, 15) is 19.2 Å². The van der Waals surface area contributed by atoms with E-state index >= 15 is 0 Å². The Morgan fingerprint density at radius 3 is 1.66 bits per heavy atom. The second-order valence-corrected chi connectivity index (χ2v) is 11.8. The van der Waals surface area contributed by atoms with Gasteiger partial charge in [0.25, 0.3) is 11.8 Å². The molecule has 2 aromatic heterocycles. The van der Waals surface area contributed by atoms with Crippen LogP contribution in [0.5, 0.6) is 0 Å². The molecule has 246 valence electrons. The van der Waals surface area contributed by atoms with Crippen LogP contribution in [0.15, 0.2) is 109 Å². The Bertz CT molecular complexity index is 1600. The summed E-state index contributed by atoms with van der Waals surface area (Å²) in [5.74, 6) is -0.704. The zero-order valence-corrected chi connectivity index (χ0v) is 29.9. The lowest BCUT2D eigenvalue weighted by Gasteiger charge is -2.17. The van der Waals surface area contributed by atoms with Gasteiger partial charge < -0.3 is 20.1 Å². The summed E-state index contributed by atoms with van der Waals surface area (Å²) < 4.78 is 14.0. The number of thioether (sulfide) groups is 1. The summed E-state index contributed by atoms with van der Waals surface area (Å²) in [6.45, 7) is 0.294. The zero-order valence-electron chi connectivity index (χ0n) is 24.8. The third kappa shape index (κ3) is 13.6. The van der Waals surface area contributed by atoms with E-state index in [1.807, 2.05) is 111 Å². The maximum Gasteiger partial charge on any atom is 0.408 e. The van der Waals surface area contributed by atoms with Crippen molar-refractivity contribution in [3.05, 3.63) is 115 Å². The predicted molar refractivity (Wildman–Crippen MR) is 194 cm³/mol. The Labute approximate surface area is 303 Å². The number of aromatic nitrogens is 2. The van der Waals surface area contributed by atoms with Crippen molar-refractivity contribution < 1.29 is 28.7 Å². The molecule has 47 heavy (non-hydrogen) atoms. The predicted octanol–water partition coefficient (Wildman–Crippen LogP) is 5.15. The fraction of sp³-hybridized carbons (Fsp3) is 0.194. The van der Waals surface area contributed by atoms with Crippen molar-refractivity contribution in [1.29, 1.82) is 5.26 Å². The lowest BCUT2D eigenvalue weighted by Crippen LogP contribution is -2.47. The summed E-state index contributed by atoms with van der Waals surface area (Å²) in [7, 11) is 0. The molecular weight excluding hydrogens is 852 g/mol. The number of carbonyl (C=O) groups is 4. The molecule has 0 fully saturated rings. The molecule has 4 N–H and O–H groups in total. The minimum atomic E-state index is -0.758. The Kier molecular flexibility index (Phi) is 16.5. The van der Waals surface area contributed by atoms with Gasteiger partial charge in [0, 0.05) is 39.2 Å². The summed E-state index contributed by atoms with van der Waals surface area (Å²) >= 11 is 4.98. The normalized spacial score (nSPS) is 11.3. The summed E-state index contributed by atoms with van der Waals surface area (Å²) in [5, 5.41) is 16.3. The van der Waals surface area contributed by atoms with Crippen LogP contribution in [0, 0.1) is 10.7 Å². The number of amides is 4. The van der Waals surface area contributed by atoms with E-state index in [-0.39, 0.29) is 19.1 Å². The number of nitrogens with zero attached hydrogens (tertiary/aromatic N) is 3. The molecule has 2 aromatic carbocycles. The highest BCUT2D eigenvalue weighted by Crippen LogP contribution is 2.15. The smallest absolute Gasteiger partial charge is 0.408 e. The van der Waals surface area contributed by atoms with Gasteiger partial charge in [-0.3, -0.25) is 29.8 Å². The number of nitrogens with one attached hydrogen (secondary N) is 4. The quantitative estimate of drug-likeness (QED) is 0.0620. The van der Waals surface area contributed by atoms with Gasteiger partial charge in [-0.2, -0.15) is 5.26 Å². The van der Waals surface area contributed by atoms with Crippen LogP contribution in [0.25, 0.3) is 0 Å². The number of halogens is 2. The van der Waals surface area contributed by atoms with Gasteiger partial charge in [-0.1, -0.05) is 106 Å². The zero-order chi connectivity index (χ0) is 33.9. The molecule has 0 aliphatic heterocycles. The fourth-order valence-corrected chi connectivity index (χ4v) is 5.25. The molecule has 4 amide bonds. The molecule has 2 heterocycles. The lowest BCUT2D eigenvalue weighted by atomic mass is 10.2. The van der Waals surface area contributed by atoms with Crippen LogP contribution in [-0.4, -0.2) is 54.3 Å². The summed E-state index contributed by atoms with van der Waals surface area (Å²) in [6, 6.07) is 24.2. The highest BCUT2D eigenvalue weighted by molar-refractivity contribution is 14.1. The van der Waals surface area contributed by atoms with Crippen LogP contribution in [0.1, 0.15) is 11.1 Å². The van der Waals surface area contributed by atoms with E-state index in [1.165, 1.54) is 9.35 Å². The third-order valence-electron chi connectivity index (χ3n) is 5.89. The summed E-state index contributed by atoms with van der Waals surface area (Å²) in [4.78, 5) is 48.0. The molecule has 0 aliphatic carbocycles. The Morgan fingerprint density at radius 2 is 1.19 bits per heavy atom. The van der Waals surface area contributed by atoms with Gasteiger partial charge >= 0.3 is 12.2 Å². The number of hydrogen-bond donors (Lipinski definition) is 4. The van der Waals surface area contributed by atoms with Gasteiger partial charge in [-0.05, 0) is 35.4 Å². The number of benzene rings is 2. The topological polar surface area (TPSA) is 169 Å². The molecule has 0 radical (unpaired) electrons. The van der Waals surface area contributed by atoms with Crippen molar-refractivity contribution >= 4 is 80.9 Å². The van der Waals surface area contributed by atoms with Crippen molar-refractivity contribution in [3.8, 4) is 5.40 Å². The van der Waals surface area contributed by atoms with Crippen molar-refractivity contribution in [2.24, 2.45) is 0 Å². The van der Waals surface area contributed by atoms with Crippen LogP contribution in [0.2, 0.25) is 0 Å². The molecular formula is C31H31I2N7O6S. The SMILES string of the molecule is N#CSc1cccn1NC(=O)[C@H](CI)NC(=O)OCc1ccccc1.O=C(N[C@@H](CI)C(=O)Nn1cccc1)OCc1ccccc1. The number of hydrogen-bond acceptors (Lipinski definition) is 8. The van der Waals surface area contributed by atoms with E-state index in [4.69, 9.17) is 14.7 Å². The van der Waals surface area contributed by atoms with Crippen molar-refractivity contribution in [2.75, 3.05) is 19.7 Å². The average Bonchev–Trinajstić information content (AvgIpc) is 3.77. The van der Waals surface area contributed by atoms with Crippen LogP contribution in [0.3, 0.4) is 0 Å². The minimum absolute atomic E-state index is 0.128. The first-order valence-corrected chi connectivity index (χ1v) is 17.7. The minimum Gasteiger partial charge on any atom is -0.445 e. The third-order valence-corrected chi connectivity index (χ3v) is 8.28. The molecule has 2 atom stereocenters. The van der Waals surface area contributed by atoms with Gasteiger partial charge in [0.2, 0.25) is 0 Å². The Hall–Kier alpha value is -4.22. The van der Waals surface area contributed by atoms with Crippen molar-refractivity contribution in [2.45, 2.75) is 30.3 Å². The maximum absolute atomic E-state index is 12.3. The molecule has 4 aromatic rings. The van der Waals surface area contributed by atoms with Crippen LogP contribution in [-0.2, 0) is 32.3 Å². The maximum atomic E-state index is 12.3. The van der Waals surface area contributed by atoms with Gasteiger partial charge in [0.05, 0.1) is 0 Å². The molecule has 0 saturated heterocycles. The highest BCUT2D eigenvalue weighted by atomic mass is 127.